The molecule has 128 valence electrons. The van der Waals surface area contributed by atoms with Gasteiger partial charge in [0, 0.05) is 30.3 Å². The van der Waals surface area contributed by atoms with Gasteiger partial charge in [-0.05, 0) is 24.5 Å². The van der Waals surface area contributed by atoms with Crippen LogP contribution in [0, 0.1) is 0 Å². The van der Waals surface area contributed by atoms with Crippen molar-refractivity contribution in [2.45, 2.75) is 52.9 Å². The van der Waals surface area contributed by atoms with E-state index >= 15 is 0 Å². The molecule has 0 spiro atoms. The first kappa shape index (κ1) is 17.2. The Kier molecular flexibility index (Phi) is 5.34. The fourth-order valence-electron chi connectivity index (χ4n) is 3.10. The molecule has 3 nitrogen and oxygen atoms in total. The maximum Gasteiger partial charge on any atom is 0.156 e. The third kappa shape index (κ3) is 3.39. The van der Waals surface area contributed by atoms with E-state index < -0.39 is 0 Å². The molecule has 0 saturated heterocycles. The van der Waals surface area contributed by atoms with Crippen LogP contribution in [-0.2, 0) is 6.42 Å². The molecular weight excluding hydrogens is 314 g/mol. The highest BCUT2D eigenvalue weighted by Gasteiger charge is 2.25. The third-order valence-corrected chi connectivity index (χ3v) is 5.63. The monoisotopic (exact) mass is 341 g/mol. The zero-order valence-corrected chi connectivity index (χ0v) is 16.0. The van der Waals surface area contributed by atoms with Crippen LogP contribution in [0.2, 0.25) is 0 Å². The molecule has 3 rings (SSSR count). The zero-order chi connectivity index (χ0) is 17.1. The number of benzene rings is 1. The van der Waals surface area contributed by atoms with Crippen LogP contribution in [0.4, 0.5) is 5.69 Å². The van der Waals surface area contributed by atoms with E-state index in [9.17, 15) is 0 Å². The summed E-state index contributed by atoms with van der Waals surface area (Å²) in [7, 11) is 0. The number of nitrogens with zero attached hydrogens (tertiary/aromatic N) is 3. The van der Waals surface area contributed by atoms with Crippen LogP contribution in [0.15, 0.2) is 29.3 Å². The van der Waals surface area contributed by atoms with Gasteiger partial charge in [0.1, 0.15) is 5.69 Å². The maximum atomic E-state index is 5.08. The zero-order valence-electron chi connectivity index (χ0n) is 15.2. The summed E-state index contributed by atoms with van der Waals surface area (Å²) in [6.07, 6.45) is 3.18. The molecule has 1 aromatic heterocycles. The van der Waals surface area contributed by atoms with Crippen LogP contribution in [0.5, 0.6) is 0 Å². The number of hydrogen-bond acceptors (Lipinski definition) is 4. The van der Waals surface area contributed by atoms with E-state index in [2.05, 4.69) is 56.9 Å². The van der Waals surface area contributed by atoms with Crippen molar-refractivity contribution in [3.63, 3.8) is 0 Å². The summed E-state index contributed by atoms with van der Waals surface area (Å²) >= 11 is 1.86. The average molecular weight is 342 g/mol. The first-order valence-electron chi connectivity index (χ1n) is 9.05. The highest BCUT2D eigenvalue weighted by molar-refractivity contribution is 7.12. The quantitative estimate of drug-likeness (QED) is 0.731. The topological polar surface area (TPSA) is 28.5 Å². The number of hydrogen-bond donors (Lipinski definition) is 0. The molecule has 24 heavy (non-hydrogen) atoms. The fraction of sp³-hybridized carbons (Fsp3) is 0.500. The number of fused-ring (bicyclic) bond motifs is 2. The lowest BCUT2D eigenvalue weighted by molar-refractivity contribution is 0.417. The number of rotatable bonds is 5. The molecule has 0 N–H and O–H groups in total. The molecule has 0 unspecified atom stereocenters. The molecule has 1 aliphatic rings. The first-order valence-corrected chi connectivity index (χ1v) is 9.87. The van der Waals surface area contributed by atoms with Gasteiger partial charge in [0.05, 0.1) is 10.7 Å². The summed E-state index contributed by atoms with van der Waals surface area (Å²) in [4.78, 5) is 13.9. The van der Waals surface area contributed by atoms with Crippen molar-refractivity contribution in [3.05, 3.63) is 45.4 Å². The Labute approximate surface area is 149 Å². The van der Waals surface area contributed by atoms with Gasteiger partial charge in [0.25, 0.3) is 0 Å². The maximum absolute atomic E-state index is 5.08. The number of amidine groups is 1. The van der Waals surface area contributed by atoms with E-state index in [1.54, 1.807) is 0 Å². The summed E-state index contributed by atoms with van der Waals surface area (Å²) in [6.45, 7) is 11.0. The molecular formula is C20H27N3S. The Balaban J connectivity index is 2.14. The molecule has 0 radical (unpaired) electrons. The van der Waals surface area contributed by atoms with Crippen molar-refractivity contribution in [2.24, 2.45) is 4.99 Å². The molecule has 0 saturated carbocycles. The number of para-hydroxylation sites is 1. The van der Waals surface area contributed by atoms with Gasteiger partial charge >= 0.3 is 0 Å². The smallest absolute Gasteiger partial charge is 0.156 e. The van der Waals surface area contributed by atoms with Crippen LogP contribution in [0.25, 0.3) is 0 Å². The van der Waals surface area contributed by atoms with E-state index in [0.717, 1.165) is 49.6 Å². The Bertz CT molecular complexity index is 724. The minimum atomic E-state index is 0.462. The second-order valence-corrected chi connectivity index (χ2v) is 7.82. The molecule has 0 bridgehead atoms. The molecule has 0 atom stereocenters. The Morgan fingerprint density at radius 1 is 1.12 bits per heavy atom. The van der Waals surface area contributed by atoms with Crippen LogP contribution in [0.3, 0.4) is 0 Å². The van der Waals surface area contributed by atoms with Crippen molar-refractivity contribution < 1.29 is 0 Å². The van der Waals surface area contributed by atoms with Crippen LogP contribution in [-0.4, -0.2) is 28.8 Å². The van der Waals surface area contributed by atoms with E-state index in [0.29, 0.717) is 5.92 Å². The van der Waals surface area contributed by atoms with Gasteiger partial charge in [-0.15, -0.1) is 11.3 Å². The molecule has 0 amide bonds. The van der Waals surface area contributed by atoms with Gasteiger partial charge in [0.15, 0.2) is 5.84 Å². The third-order valence-electron chi connectivity index (χ3n) is 4.28. The van der Waals surface area contributed by atoms with Crippen molar-refractivity contribution in [3.8, 4) is 0 Å². The largest absolute Gasteiger partial charge is 0.355 e. The van der Waals surface area contributed by atoms with E-state index in [1.807, 2.05) is 11.3 Å². The van der Waals surface area contributed by atoms with Crippen LogP contribution >= 0.6 is 11.3 Å². The fourth-order valence-corrected chi connectivity index (χ4v) is 4.19. The molecule has 1 aromatic carbocycles. The minimum Gasteiger partial charge on any atom is -0.355 e. The van der Waals surface area contributed by atoms with Crippen molar-refractivity contribution in [1.82, 2.24) is 9.88 Å². The van der Waals surface area contributed by atoms with Gasteiger partial charge in [-0.1, -0.05) is 45.9 Å². The summed E-state index contributed by atoms with van der Waals surface area (Å²) in [6, 6.07) is 8.52. The van der Waals surface area contributed by atoms with Gasteiger partial charge in [-0.3, -0.25) is 0 Å². The predicted molar refractivity (Wildman–Crippen MR) is 104 cm³/mol. The summed E-state index contributed by atoms with van der Waals surface area (Å²) in [5, 5.41) is 1.22. The minimum absolute atomic E-state index is 0.462. The lowest BCUT2D eigenvalue weighted by Crippen LogP contribution is -2.33. The van der Waals surface area contributed by atoms with E-state index in [1.165, 1.54) is 15.4 Å². The highest BCUT2D eigenvalue weighted by Crippen LogP contribution is 2.34. The van der Waals surface area contributed by atoms with Crippen LogP contribution in [0.1, 0.15) is 67.6 Å². The molecule has 2 heterocycles. The Hall–Kier alpha value is -1.68. The van der Waals surface area contributed by atoms with Crippen molar-refractivity contribution in [2.75, 3.05) is 13.1 Å². The summed E-state index contributed by atoms with van der Waals surface area (Å²) in [5.41, 5.74) is 3.52. The predicted octanol–water partition coefficient (Wildman–Crippen LogP) is 5.37. The summed E-state index contributed by atoms with van der Waals surface area (Å²) in [5.74, 6) is 1.53. The van der Waals surface area contributed by atoms with E-state index in [-0.39, 0.29) is 0 Å². The lowest BCUT2D eigenvalue weighted by atomic mass is 10.1. The summed E-state index contributed by atoms with van der Waals surface area (Å²) < 4.78 is 0. The number of aromatic nitrogens is 1. The normalized spacial score (nSPS) is 13.3. The Morgan fingerprint density at radius 3 is 2.50 bits per heavy atom. The van der Waals surface area contributed by atoms with Crippen molar-refractivity contribution in [1.29, 1.82) is 0 Å². The van der Waals surface area contributed by atoms with E-state index in [4.69, 9.17) is 9.98 Å². The highest BCUT2D eigenvalue weighted by atomic mass is 32.1. The number of thiazole rings is 1. The average Bonchev–Trinajstić information content (AvgIpc) is 2.91. The van der Waals surface area contributed by atoms with Gasteiger partial charge in [0.2, 0.25) is 0 Å². The van der Waals surface area contributed by atoms with Gasteiger partial charge in [-0.25, -0.2) is 9.98 Å². The standard InChI is InChI=1S/C20H27N3S/c1-5-11-23(12-6-2)19-18-17(24-20(22-18)14(3)4)13-15-9-7-8-10-16(15)21-19/h7-10,14H,5-6,11-13H2,1-4H3. The second-order valence-electron chi connectivity index (χ2n) is 6.71. The second kappa shape index (κ2) is 7.47. The first-order chi connectivity index (χ1) is 11.6. The van der Waals surface area contributed by atoms with Gasteiger partial charge in [-0.2, -0.15) is 0 Å². The lowest BCUT2D eigenvalue weighted by Gasteiger charge is -2.24. The van der Waals surface area contributed by atoms with Crippen LogP contribution < -0.4 is 0 Å². The molecule has 1 aliphatic heterocycles. The molecule has 0 aliphatic carbocycles. The van der Waals surface area contributed by atoms with Gasteiger partial charge < -0.3 is 4.90 Å². The SMILES string of the molecule is CCCN(CCC)C1=Nc2ccccc2Cc2sc(C(C)C)nc21. The molecule has 0 fully saturated rings. The molecule has 4 heteroatoms. The molecule has 2 aromatic rings. The Morgan fingerprint density at radius 2 is 1.83 bits per heavy atom. The number of aliphatic imine (C=N–C) groups is 1. The van der Waals surface area contributed by atoms with Crippen molar-refractivity contribution >= 4 is 22.9 Å².